The highest BCUT2D eigenvalue weighted by atomic mass is 16.7. The van der Waals surface area contributed by atoms with Crippen molar-refractivity contribution in [2.24, 2.45) is 0 Å². The van der Waals surface area contributed by atoms with Crippen molar-refractivity contribution in [2.45, 2.75) is 120 Å². The van der Waals surface area contributed by atoms with Crippen molar-refractivity contribution in [2.75, 3.05) is 26.9 Å². The van der Waals surface area contributed by atoms with Gasteiger partial charge in [0.25, 0.3) is 11.8 Å². The molecule has 6 rings (SSSR count). The zero-order chi connectivity index (χ0) is 41.7. The molecule has 3 aromatic rings. The van der Waals surface area contributed by atoms with E-state index in [4.69, 9.17) is 33.2 Å². The second-order valence-corrected chi connectivity index (χ2v) is 14.9. The molecule has 2 amide bonds. The molecule has 0 bridgehead atoms. The number of amides is 2. The molecular weight excluding hydrogens is 766 g/mol. The summed E-state index contributed by atoms with van der Waals surface area (Å²) in [7, 11) is 1.38. The summed E-state index contributed by atoms with van der Waals surface area (Å²) in [5.74, 6) is -1.63. The Morgan fingerprint density at radius 3 is 1.76 bits per heavy atom. The van der Waals surface area contributed by atoms with Crippen molar-refractivity contribution < 1.29 is 68.0 Å². The van der Waals surface area contributed by atoms with Crippen LogP contribution in [0.5, 0.6) is 0 Å². The van der Waals surface area contributed by atoms with Gasteiger partial charge in [-0.3, -0.25) is 19.3 Å². The van der Waals surface area contributed by atoms with Crippen LogP contribution in [0.2, 0.25) is 0 Å². The van der Waals surface area contributed by atoms with Crippen molar-refractivity contribution in [3.05, 3.63) is 107 Å². The van der Waals surface area contributed by atoms with E-state index in [-0.39, 0.29) is 43.5 Å². The normalized spacial score (nSPS) is 28.1. The van der Waals surface area contributed by atoms with E-state index < -0.39 is 79.8 Å². The lowest BCUT2D eigenvalue weighted by Gasteiger charge is -2.47. The highest BCUT2D eigenvalue weighted by Crippen LogP contribution is 2.34. The van der Waals surface area contributed by atoms with Crippen LogP contribution in [0.15, 0.2) is 84.9 Å². The highest BCUT2D eigenvalue weighted by Gasteiger charge is 2.54. The molecule has 3 aromatic carbocycles. The number of aliphatic hydroxyl groups is 4. The van der Waals surface area contributed by atoms with Gasteiger partial charge in [0, 0.05) is 13.0 Å². The van der Waals surface area contributed by atoms with Crippen LogP contribution in [0.3, 0.4) is 0 Å². The second-order valence-electron chi connectivity index (χ2n) is 14.9. The molecule has 0 aromatic heterocycles. The van der Waals surface area contributed by atoms with Crippen molar-refractivity contribution in [1.82, 2.24) is 4.90 Å². The molecule has 0 unspecified atom stereocenters. The molecule has 0 saturated carbocycles. The molecule has 3 heterocycles. The number of fused-ring (bicyclic) bond motifs is 1. The SMILES string of the molecule is COC(=O)CCCCCCCCO[C@H]1O[C@H](CO[C@@H]2O[C@H](CO)[C@@H](O)[C@H](O)[C@H]2N2C(=O)c3ccccc3C2=O)[C@@H](OCc2ccccc2)[C@H](O)[C@@H]1OCc1ccccc1. The Morgan fingerprint density at radius 1 is 0.627 bits per heavy atom. The molecule has 3 aliphatic rings. The van der Waals surface area contributed by atoms with E-state index in [2.05, 4.69) is 0 Å². The number of aliphatic hydroxyl groups excluding tert-OH is 4. The number of carbonyl (C=O) groups is 3. The summed E-state index contributed by atoms with van der Waals surface area (Å²) in [5, 5.41) is 44.4. The fraction of sp³-hybridized carbons (Fsp3) is 0.523. The smallest absolute Gasteiger partial charge is 0.305 e. The number of unbranched alkanes of at least 4 members (excludes halogenated alkanes) is 5. The zero-order valence-electron chi connectivity index (χ0n) is 33.2. The highest BCUT2D eigenvalue weighted by molar-refractivity contribution is 6.21. The topological polar surface area (TPSA) is 200 Å². The van der Waals surface area contributed by atoms with Crippen LogP contribution in [0.1, 0.15) is 76.8 Å². The molecule has 320 valence electrons. The summed E-state index contributed by atoms with van der Waals surface area (Å²) in [6.45, 7) is -0.542. The standard InChI is InChI=1S/C44H55NO14/c1-53-34(47)22-12-4-2-3-5-15-23-54-44-40(56-26-29-18-10-7-11-19-29)38(50)39(55-25-28-16-8-6-9-17-28)33(59-44)27-57-43-35(37(49)36(48)32(24-46)58-43)45-41(51)30-20-13-14-21-31(30)42(45)52/h6-11,13-14,16-21,32-33,35-40,43-44,46,48-50H,2-5,12,15,22-27H2,1H3/t32-,33-,35-,36-,37-,38+,39-,40+,43-,44+/m1/s1. The number of rotatable bonds is 21. The van der Waals surface area contributed by atoms with Gasteiger partial charge in [-0.2, -0.15) is 0 Å². The maximum absolute atomic E-state index is 13.6. The van der Waals surface area contributed by atoms with E-state index in [1.54, 1.807) is 12.1 Å². The van der Waals surface area contributed by atoms with Gasteiger partial charge >= 0.3 is 5.97 Å². The van der Waals surface area contributed by atoms with E-state index in [1.807, 2.05) is 60.7 Å². The summed E-state index contributed by atoms with van der Waals surface area (Å²) in [4.78, 5) is 39.4. The van der Waals surface area contributed by atoms with Crippen LogP contribution in [-0.2, 0) is 51.2 Å². The predicted octanol–water partition coefficient (Wildman–Crippen LogP) is 3.28. The van der Waals surface area contributed by atoms with Crippen molar-refractivity contribution in [3.8, 4) is 0 Å². The number of imide groups is 1. The number of carbonyl (C=O) groups excluding carboxylic acids is 3. The molecule has 0 spiro atoms. The van der Waals surface area contributed by atoms with E-state index in [0.29, 0.717) is 12.8 Å². The molecule has 59 heavy (non-hydrogen) atoms. The van der Waals surface area contributed by atoms with Gasteiger partial charge in [-0.1, -0.05) is 98.5 Å². The molecular formula is C44H55NO14. The summed E-state index contributed by atoms with van der Waals surface area (Å²) in [6, 6.07) is 23.5. The minimum Gasteiger partial charge on any atom is -0.469 e. The van der Waals surface area contributed by atoms with Crippen LogP contribution in [0.25, 0.3) is 0 Å². The van der Waals surface area contributed by atoms with Gasteiger partial charge in [0.1, 0.15) is 48.8 Å². The van der Waals surface area contributed by atoms with Crippen LogP contribution in [0, 0.1) is 0 Å². The first-order valence-electron chi connectivity index (χ1n) is 20.3. The lowest BCUT2D eigenvalue weighted by Crippen LogP contribution is -2.66. The first-order valence-corrected chi connectivity index (χ1v) is 20.3. The third kappa shape index (κ3) is 11.2. The molecule has 10 atom stereocenters. The number of esters is 1. The van der Waals surface area contributed by atoms with Crippen LogP contribution < -0.4 is 0 Å². The lowest BCUT2D eigenvalue weighted by atomic mass is 9.95. The van der Waals surface area contributed by atoms with Crippen LogP contribution in [0.4, 0.5) is 0 Å². The maximum atomic E-state index is 13.6. The number of benzene rings is 3. The summed E-state index contributed by atoms with van der Waals surface area (Å²) in [6.07, 6.45) is -6.28. The second kappa shape index (κ2) is 21.9. The molecule has 4 N–H and O–H groups in total. The monoisotopic (exact) mass is 821 g/mol. The number of hydrogen-bond acceptors (Lipinski definition) is 14. The van der Waals surface area contributed by atoms with Gasteiger partial charge in [-0.05, 0) is 36.1 Å². The van der Waals surface area contributed by atoms with Gasteiger partial charge in [0.15, 0.2) is 12.6 Å². The molecule has 15 nitrogen and oxygen atoms in total. The Bertz CT molecular complexity index is 1750. The molecule has 15 heteroatoms. The zero-order valence-corrected chi connectivity index (χ0v) is 33.2. The van der Waals surface area contributed by atoms with Crippen molar-refractivity contribution >= 4 is 17.8 Å². The summed E-state index contributed by atoms with van der Waals surface area (Å²) >= 11 is 0. The summed E-state index contributed by atoms with van der Waals surface area (Å²) < 4.78 is 42.4. The van der Waals surface area contributed by atoms with E-state index in [9.17, 15) is 34.8 Å². The van der Waals surface area contributed by atoms with Crippen LogP contribution in [-0.4, -0.2) is 131 Å². The Kier molecular flexibility index (Phi) is 16.5. The van der Waals surface area contributed by atoms with E-state index in [1.165, 1.54) is 19.2 Å². The third-order valence-electron chi connectivity index (χ3n) is 10.9. The van der Waals surface area contributed by atoms with E-state index >= 15 is 0 Å². The predicted molar refractivity (Wildman–Crippen MR) is 209 cm³/mol. The molecule has 2 fully saturated rings. The van der Waals surface area contributed by atoms with Gasteiger partial charge in [-0.15, -0.1) is 0 Å². The number of ether oxygens (including phenoxy) is 7. The fourth-order valence-electron chi connectivity index (χ4n) is 7.61. The Balaban J connectivity index is 1.19. The van der Waals surface area contributed by atoms with Gasteiger partial charge in [-0.25, -0.2) is 0 Å². The lowest BCUT2D eigenvalue weighted by molar-refractivity contribution is -0.334. The first kappa shape index (κ1) is 44.4. The number of hydrogen-bond donors (Lipinski definition) is 4. The van der Waals surface area contributed by atoms with Gasteiger partial charge in [0.05, 0.1) is 44.7 Å². The minimum atomic E-state index is -1.75. The average Bonchev–Trinajstić information content (AvgIpc) is 3.51. The van der Waals surface area contributed by atoms with Gasteiger partial charge in [0.2, 0.25) is 0 Å². The van der Waals surface area contributed by atoms with Gasteiger partial charge < -0.3 is 53.6 Å². The Morgan fingerprint density at radius 2 is 1.17 bits per heavy atom. The Labute approximate surface area is 343 Å². The molecule has 0 radical (unpaired) electrons. The summed E-state index contributed by atoms with van der Waals surface area (Å²) in [5.41, 5.74) is 1.94. The molecule has 3 aliphatic heterocycles. The molecule has 0 aliphatic carbocycles. The minimum absolute atomic E-state index is 0.0913. The quantitative estimate of drug-likeness (QED) is 0.0694. The van der Waals surface area contributed by atoms with Crippen molar-refractivity contribution in [1.29, 1.82) is 0 Å². The number of nitrogens with zero attached hydrogens (tertiary/aromatic N) is 1. The number of methoxy groups -OCH3 is 1. The van der Waals surface area contributed by atoms with E-state index in [0.717, 1.165) is 48.1 Å². The molecule has 2 saturated heterocycles. The van der Waals surface area contributed by atoms with Crippen molar-refractivity contribution in [3.63, 3.8) is 0 Å². The average molecular weight is 822 g/mol. The third-order valence-corrected chi connectivity index (χ3v) is 10.9. The first-order chi connectivity index (χ1) is 28.7. The maximum Gasteiger partial charge on any atom is 0.305 e. The van der Waals surface area contributed by atoms with Crippen LogP contribution >= 0.6 is 0 Å². The largest absolute Gasteiger partial charge is 0.469 e. The Hall–Kier alpha value is -4.13. The fourth-order valence-corrected chi connectivity index (χ4v) is 7.61.